The molecule has 0 spiro atoms. The number of rotatable bonds is 6. The summed E-state index contributed by atoms with van der Waals surface area (Å²) in [6.07, 6.45) is 3.04. The number of hydrogen-bond donors (Lipinski definition) is 1. The molecule has 2 rings (SSSR count). The smallest absolute Gasteiger partial charge is 0.185 e. The minimum atomic E-state index is -0.196. The number of hydrogen-bond acceptors (Lipinski definition) is 5. The first-order valence-corrected chi connectivity index (χ1v) is 7.80. The van der Waals surface area contributed by atoms with Crippen LogP contribution in [0.1, 0.15) is 15.9 Å². The van der Waals surface area contributed by atoms with Crippen LogP contribution in [0.2, 0.25) is 0 Å². The average molecular weight is 393 g/mol. The van der Waals surface area contributed by atoms with E-state index in [4.69, 9.17) is 14.2 Å². The van der Waals surface area contributed by atoms with Crippen molar-refractivity contribution in [3.8, 4) is 23.0 Å². The van der Waals surface area contributed by atoms with Crippen molar-refractivity contribution >= 4 is 27.8 Å². The maximum atomic E-state index is 12.3. The van der Waals surface area contributed by atoms with Crippen LogP contribution in [0.3, 0.4) is 0 Å². The van der Waals surface area contributed by atoms with Gasteiger partial charge in [0, 0.05) is 10.0 Å². The number of allylic oxidation sites excluding steroid dienone is 1. The predicted octanol–water partition coefficient (Wildman–Crippen LogP) is 4.08. The zero-order valence-corrected chi connectivity index (χ0v) is 15.1. The van der Waals surface area contributed by atoms with Crippen molar-refractivity contribution in [1.82, 2.24) is 0 Å². The molecule has 24 heavy (non-hydrogen) atoms. The lowest BCUT2D eigenvalue weighted by Gasteiger charge is -2.08. The molecule has 0 radical (unpaired) electrons. The van der Waals surface area contributed by atoms with Gasteiger partial charge in [0.1, 0.15) is 0 Å². The van der Waals surface area contributed by atoms with Crippen LogP contribution < -0.4 is 14.2 Å². The number of phenolic OH excluding ortho intramolecular Hbond substituents is 1. The Hall–Kier alpha value is -2.47. The number of ketones is 1. The molecule has 2 aromatic rings. The molecular formula is C18H17BrO5. The van der Waals surface area contributed by atoms with E-state index in [9.17, 15) is 9.90 Å². The van der Waals surface area contributed by atoms with Crippen LogP contribution in [-0.4, -0.2) is 32.2 Å². The first-order valence-electron chi connectivity index (χ1n) is 7.01. The van der Waals surface area contributed by atoms with Crippen LogP contribution in [0.5, 0.6) is 23.0 Å². The number of aromatic hydroxyl groups is 1. The van der Waals surface area contributed by atoms with E-state index in [0.29, 0.717) is 32.8 Å². The summed E-state index contributed by atoms with van der Waals surface area (Å²) in [5.74, 6) is 1.20. The lowest BCUT2D eigenvalue weighted by molar-refractivity contribution is 0.104. The third kappa shape index (κ3) is 3.89. The van der Waals surface area contributed by atoms with Crippen molar-refractivity contribution in [3.05, 3.63) is 52.0 Å². The van der Waals surface area contributed by atoms with Crippen LogP contribution in [0, 0.1) is 0 Å². The fourth-order valence-electron chi connectivity index (χ4n) is 2.10. The van der Waals surface area contributed by atoms with E-state index in [0.717, 1.165) is 0 Å². The van der Waals surface area contributed by atoms with E-state index < -0.39 is 0 Å². The highest BCUT2D eigenvalue weighted by atomic mass is 79.9. The minimum Gasteiger partial charge on any atom is -0.504 e. The molecule has 5 nitrogen and oxygen atoms in total. The minimum absolute atomic E-state index is 0.00100. The Labute approximate surface area is 148 Å². The molecule has 0 atom stereocenters. The first-order chi connectivity index (χ1) is 11.5. The van der Waals surface area contributed by atoms with Gasteiger partial charge >= 0.3 is 0 Å². The Kier molecular flexibility index (Phi) is 5.87. The fourth-order valence-corrected chi connectivity index (χ4v) is 2.56. The third-order valence-electron chi connectivity index (χ3n) is 3.38. The van der Waals surface area contributed by atoms with Gasteiger partial charge in [-0.2, -0.15) is 0 Å². The lowest BCUT2D eigenvalue weighted by atomic mass is 10.1. The Morgan fingerprint density at radius 2 is 1.67 bits per heavy atom. The number of carbonyl (C=O) groups excluding carboxylic acids is 1. The van der Waals surface area contributed by atoms with Gasteiger partial charge in [-0.3, -0.25) is 4.79 Å². The summed E-state index contributed by atoms with van der Waals surface area (Å²) >= 11 is 3.38. The van der Waals surface area contributed by atoms with E-state index in [2.05, 4.69) is 15.9 Å². The summed E-state index contributed by atoms with van der Waals surface area (Å²) in [6, 6.07) is 8.10. The summed E-state index contributed by atoms with van der Waals surface area (Å²) in [7, 11) is 4.52. The van der Waals surface area contributed by atoms with Crippen molar-refractivity contribution in [2.45, 2.75) is 0 Å². The number of ether oxygens (including phenoxy) is 3. The van der Waals surface area contributed by atoms with E-state index in [1.165, 1.54) is 33.5 Å². The molecule has 0 aliphatic heterocycles. The fraction of sp³-hybridized carbons (Fsp3) is 0.167. The van der Waals surface area contributed by atoms with Gasteiger partial charge in [-0.25, -0.2) is 0 Å². The maximum Gasteiger partial charge on any atom is 0.185 e. The van der Waals surface area contributed by atoms with E-state index in [1.54, 1.807) is 30.3 Å². The SMILES string of the molecule is COc1cc(Br)c(/C=C/C(=O)c2ccc(OC)c(OC)c2)cc1O. The number of carbonyl (C=O) groups is 1. The molecule has 126 valence electrons. The standard InChI is InChI=1S/C18H17BrO5/c1-22-16-7-5-12(9-18(16)24-3)14(20)6-4-11-8-15(21)17(23-2)10-13(11)19/h4-10,21H,1-3H3/b6-4+. The second kappa shape index (κ2) is 7.88. The highest BCUT2D eigenvalue weighted by Crippen LogP contribution is 2.33. The van der Waals surface area contributed by atoms with Crippen molar-refractivity contribution in [1.29, 1.82) is 0 Å². The molecule has 0 bridgehead atoms. The molecule has 0 heterocycles. The van der Waals surface area contributed by atoms with Crippen molar-refractivity contribution < 1.29 is 24.1 Å². The van der Waals surface area contributed by atoms with Gasteiger partial charge in [-0.1, -0.05) is 15.9 Å². The molecule has 0 fully saturated rings. The maximum absolute atomic E-state index is 12.3. The molecular weight excluding hydrogens is 376 g/mol. The number of phenols is 1. The van der Waals surface area contributed by atoms with E-state index in [-0.39, 0.29) is 11.5 Å². The predicted molar refractivity (Wildman–Crippen MR) is 95.3 cm³/mol. The molecule has 0 aliphatic rings. The van der Waals surface area contributed by atoms with Gasteiger partial charge in [-0.05, 0) is 48.0 Å². The molecule has 0 unspecified atom stereocenters. The summed E-state index contributed by atoms with van der Waals surface area (Å²) in [5.41, 5.74) is 1.12. The van der Waals surface area contributed by atoms with E-state index >= 15 is 0 Å². The van der Waals surface area contributed by atoms with Crippen molar-refractivity contribution in [2.24, 2.45) is 0 Å². The second-order valence-corrected chi connectivity index (χ2v) is 5.67. The zero-order valence-electron chi connectivity index (χ0n) is 13.5. The molecule has 0 saturated heterocycles. The van der Waals surface area contributed by atoms with Crippen molar-refractivity contribution in [2.75, 3.05) is 21.3 Å². The topological polar surface area (TPSA) is 65.0 Å². The Bertz CT molecular complexity index is 783. The number of benzene rings is 2. The van der Waals surface area contributed by atoms with Crippen LogP contribution in [0.4, 0.5) is 0 Å². The molecule has 2 aromatic carbocycles. The van der Waals surface area contributed by atoms with Gasteiger partial charge in [0.2, 0.25) is 0 Å². The molecule has 0 amide bonds. The quantitative estimate of drug-likeness (QED) is 0.592. The normalized spacial score (nSPS) is 10.7. The number of methoxy groups -OCH3 is 3. The van der Waals surface area contributed by atoms with Crippen LogP contribution >= 0.6 is 15.9 Å². The largest absolute Gasteiger partial charge is 0.504 e. The molecule has 0 aliphatic carbocycles. The van der Waals surface area contributed by atoms with Gasteiger partial charge in [0.25, 0.3) is 0 Å². The summed E-state index contributed by atoms with van der Waals surface area (Å²) < 4.78 is 16.1. The van der Waals surface area contributed by atoms with Crippen LogP contribution in [0.15, 0.2) is 40.9 Å². The summed E-state index contributed by atoms with van der Waals surface area (Å²) in [5, 5.41) is 9.83. The highest BCUT2D eigenvalue weighted by molar-refractivity contribution is 9.10. The third-order valence-corrected chi connectivity index (χ3v) is 4.07. The Morgan fingerprint density at radius 1 is 1.00 bits per heavy atom. The lowest BCUT2D eigenvalue weighted by Crippen LogP contribution is -1.97. The van der Waals surface area contributed by atoms with Crippen molar-refractivity contribution in [3.63, 3.8) is 0 Å². The molecule has 0 saturated carbocycles. The average Bonchev–Trinajstić information content (AvgIpc) is 2.60. The van der Waals surface area contributed by atoms with Crippen LogP contribution in [-0.2, 0) is 0 Å². The molecule has 0 aromatic heterocycles. The van der Waals surface area contributed by atoms with Crippen LogP contribution in [0.25, 0.3) is 6.08 Å². The zero-order chi connectivity index (χ0) is 17.7. The Morgan fingerprint density at radius 3 is 2.29 bits per heavy atom. The summed E-state index contributed by atoms with van der Waals surface area (Å²) in [6.45, 7) is 0. The van der Waals surface area contributed by atoms with Gasteiger partial charge in [-0.15, -0.1) is 0 Å². The van der Waals surface area contributed by atoms with E-state index in [1.807, 2.05) is 0 Å². The van der Waals surface area contributed by atoms with Gasteiger partial charge < -0.3 is 19.3 Å². The second-order valence-electron chi connectivity index (χ2n) is 4.81. The molecule has 1 N–H and O–H groups in total. The first kappa shape index (κ1) is 17.9. The van der Waals surface area contributed by atoms with Gasteiger partial charge in [0.05, 0.1) is 21.3 Å². The number of halogens is 1. The molecule has 6 heteroatoms. The highest BCUT2D eigenvalue weighted by Gasteiger charge is 2.10. The monoisotopic (exact) mass is 392 g/mol. The summed E-state index contributed by atoms with van der Waals surface area (Å²) in [4.78, 5) is 12.3. The Balaban J connectivity index is 2.26. The van der Waals surface area contributed by atoms with Gasteiger partial charge in [0.15, 0.2) is 28.8 Å².